The molecule has 10 nitrogen and oxygen atoms in total. The van der Waals surface area contributed by atoms with E-state index >= 15 is 0 Å². The number of carboxylic acid groups (broad SMARTS) is 1. The summed E-state index contributed by atoms with van der Waals surface area (Å²) >= 11 is 0.981. The molecule has 2 amide bonds. The fourth-order valence-corrected chi connectivity index (χ4v) is 4.78. The molecule has 0 saturated carbocycles. The minimum Gasteiger partial charge on any atom is -0.465 e. The van der Waals surface area contributed by atoms with Crippen molar-refractivity contribution in [3.8, 4) is 0 Å². The van der Waals surface area contributed by atoms with Crippen molar-refractivity contribution in [1.29, 1.82) is 0 Å². The van der Waals surface area contributed by atoms with Gasteiger partial charge in [-0.1, -0.05) is 0 Å². The molecule has 0 radical (unpaired) electrons. The number of hydrogen-bond donors (Lipinski definition) is 3. The van der Waals surface area contributed by atoms with E-state index < -0.39 is 23.9 Å². The maximum absolute atomic E-state index is 12.9. The van der Waals surface area contributed by atoms with E-state index in [2.05, 4.69) is 30.0 Å². The zero-order chi connectivity index (χ0) is 26.6. The molecule has 0 aromatic carbocycles. The molecule has 0 unspecified atom stereocenters. The fourth-order valence-electron chi connectivity index (χ4n) is 3.98. The van der Waals surface area contributed by atoms with Crippen LogP contribution in [-0.4, -0.2) is 54.4 Å². The number of carbonyl (C=O) groups is 2. The van der Waals surface area contributed by atoms with E-state index in [1.54, 1.807) is 19.2 Å². The highest BCUT2D eigenvalue weighted by atomic mass is 32.1. The number of hydrogen-bond acceptors (Lipinski definition) is 8. The van der Waals surface area contributed by atoms with Crippen LogP contribution in [0.5, 0.6) is 0 Å². The third kappa shape index (κ3) is 6.70. The molecule has 196 valence electrons. The summed E-state index contributed by atoms with van der Waals surface area (Å²) in [5, 5.41) is 14.9. The second-order valence-electron chi connectivity index (χ2n) is 8.63. The number of rotatable bonds is 7. The maximum atomic E-state index is 12.9. The minimum absolute atomic E-state index is 0.0466. The molecule has 0 aliphatic carbocycles. The number of likely N-dealkylation sites (tertiary alicyclic amines) is 1. The van der Waals surface area contributed by atoms with Crippen LogP contribution in [0.25, 0.3) is 0 Å². The van der Waals surface area contributed by atoms with Gasteiger partial charge < -0.3 is 20.6 Å². The van der Waals surface area contributed by atoms with E-state index in [0.29, 0.717) is 41.6 Å². The Labute approximate surface area is 214 Å². The third-order valence-electron chi connectivity index (χ3n) is 6.05. The van der Waals surface area contributed by atoms with Gasteiger partial charge in [0.1, 0.15) is 10.8 Å². The Bertz CT molecular complexity index is 1240. The van der Waals surface area contributed by atoms with Gasteiger partial charge in [-0.2, -0.15) is 17.5 Å². The molecule has 3 N–H and O–H groups in total. The van der Waals surface area contributed by atoms with Crippen molar-refractivity contribution in [2.24, 2.45) is 5.92 Å². The first-order chi connectivity index (χ1) is 17.6. The zero-order valence-corrected chi connectivity index (χ0v) is 20.6. The van der Waals surface area contributed by atoms with E-state index in [1.807, 2.05) is 6.07 Å². The van der Waals surface area contributed by atoms with Gasteiger partial charge in [-0.3, -0.25) is 9.78 Å². The van der Waals surface area contributed by atoms with E-state index in [4.69, 9.17) is 5.11 Å². The monoisotopic (exact) mass is 535 g/mol. The summed E-state index contributed by atoms with van der Waals surface area (Å²) in [6, 6.07) is 3.58. The van der Waals surface area contributed by atoms with Gasteiger partial charge in [0.15, 0.2) is 5.69 Å². The molecule has 3 aromatic heterocycles. The zero-order valence-electron chi connectivity index (χ0n) is 19.7. The highest BCUT2D eigenvalue weighted by Crippen LogP contribution is 2.30. The minimum atomic E-state index is -4.60. The molecule has 3 aromatic rings. The summed E-state index contributed by atoms with van der Waals surface area (Å²) < 4.78 is 42.3. The Morgan fingerprint density at radius 3 is 2.49 bits per heavy atom. The first kappa shape index (κ1) is 26.3. The van der Waals surface area contributed by atoms with Crippen molar-refractivity contribution in [1.82, 2.24) is 24.2 Å². The highest BCUT2D eigenvalue weighted by molar-refractivity contribution is 7.10. The average molecular weight is 536 g/mol. The molecular formula is C23H24F3N7O3S. The van der Waals surface area contributed by atoms with E-state index in [-0.39, 0.29) is 11.4 Å². The van der Waals surface area contributed by atoms with Crippen LogP contribution >= 0.6 is 11.5 Å². The predicted octanol–water partition coefficient (Wildman–Crippen LogP) is 4.97. The topological polar surface area (TPSA) is 133 Å². The number of alkyl halides is 3. The SMILES string of the molecule is Cc1nsc(Nc2cnc(C(F)(F)F)cn2)c1C(=O)Nc1ccc(CCC2CCN(C(=O)O)CC2)nc1. The first-order valence-corrected chi connectivity index (χ1v) is 12.2. The molecule has 0 bridgehead atoms. The Balaban J connectivity index is 1.33. The average Bonchev–Trinajstić information content (AvgIpc) is 3.23. The van der Waals surface area contributed by atoms with Gasteiger partial charge in [-0.15, -0.1) is 0 Å². The maximum Gasteiger partial charge on any atom is 0.434 e. The predicted molar refractivity (Wildman–Crippen MR) is 130 cm³/mol. The van der Waals surface area contributed by atoms with Crippen molar-refractivity contribution in [2.75, 3.05) is 23.7 Å². The summed E-state index contributed by atoms with van der Waals surface area (Å²) in [4.78, 5) is 36.9. The molecule has 1 saturated heterocycles. The number of aromatic nitrogens is 4. The van der Waals surface area contributed by atoms with Crippen molar-refractivity contribution < 1.29 is 27.9 Å². The van der Waals surface area contributed by atoms with Crippen LogP contribution in [0.2, 0.25) is 0 Å². The van der Waals surface area contributed by atoms with Crippen molar-refractivity contribution >= 4 is 40.0 Å². The lowest BCUT2D eigenvalue weighted by atomic mass is 9.91. The van der Waals surface area contributed by atoms with E-state index in [9.17, 15) is 22.8 Å². The van der Waals surface area contributed by atoms with Crippen LogP contribution in [0.3, 0.4) is 0 Å². The van der Waals surface area contributed by atoms with Gasteiger partial charge in [-0.25, -0.2) is 14.8 Å². The number of anilines is 3. The van der Waals surface area contributed by atoms with E-state index in [1.165, 1.54) is 4.90 Å². The van der Waals surface area contributed by atoms with Crippen molar-refractivity contribution in [3.63, 3.8) is 0 Å². The molecule has 1 aliphatic rings. The Morgan fingerprint density at radius 2 is 1.89 bits per heavy atom. The number of nitrogens with zero attached hydrogens (tertiary/aromatic N) is 5. The normalized spacial score (nSPS) is 14.4. The Morgan fingerprint density at radius 1 is 1.14 bits per heavy atom. The number of carbonyl (C=O) groups excluding carboxylic acids is 1. The summed E-state index contributed by atoms with van der Waals surface area (Å²) in [6.07, 6.45) is 0.980. The molecule has 4 heterocycles. The summed E-state index contributed by atoms with van der Waals surface area (Å²) in [5.74, 6) is 0.0461. The molecule has 1 fully saturated rings. The number of nitrogens with one attached hydrogen (secondary N) is 2. The largest absolute Gasteiger partial charge is 0.465 e. The van der Waals surface area contributed by atoms with Gasteiger partial charge in [0.2, 0.25) is 0 Å². The quantitative estimate of drug-likeness (QED) is 0.386. The lowest BCUT2D eigenvalue weighted by Gasteiger charge is -2.29. The first-order valence-electron chi connectivity index (χ1n) is 11.5. The van der Waals surface area contributed by atoms with Crippen LogP contribution in [0.1, 0.15) is 46.7 Å². The van der Waals surface area contributed by atoms with Gasteiger partial charge in [-0.05, 0) is 62.2 Å². The molecule has 14 heteroatoms. The van der Waals surface area contributed by atoms with Crippen LogP contribution in [0.4, 0.5) is 34.5 Å². The van der Waals surface area contributed by atoms with Crippen LogP contribution in [0.15, 0.2) is 30.7 Å². The number of piperidine rings is 1. The second kappa shape index (κ2) is 11.1. The molecular weight excluding hydrogens is 511 g/mol. The summed E-state index contributed by atoms with van der Waals surface area (Å²) in [7, 11) is 0. The fraction of sp³-hybridized carbons (Fsp3) is 0.391. The van der Waals surface area contributed by atoms with Crippen molar-refractivity contribution in [2.45, 2.75) is 38.8 Å². The standard InChI is InChI=1S/C23H24F3N7O3S/c1-13-19(21(37-32-13)31-18-12-28-17(11-29-18)23(24,25)26)20(34)30-16-5-4-15(27-10-16)3-2-14-6-8-33(9-7-14)22(35)36/h4-5,10-12,14H,2-3,6-9H2,1H3,(H,29,31)(H,30,34)(H,35,36). The number of aryl methyl sites for hydroxylation is 2. The number of pyridine rings is 1. The van der Waals surface area contributed by atoms with Crippen LogP contribution in [0, 0.1) is 12.8 Å². The lowest BCUT2D eigenvalue weighted by molar-refractivity contribution is -0.141. The van der Waals surface area contributed by atoms with Gasteiger partial charge in [0, 0.05) is 18.8 Å². The summed E-state index contributed by atoms with van der Waals surface area (Å²) in [5.41, 5.74) is 0.924. The second-order valence-corrected chi connectivity index (χ2v) is 9.40. The van der Waals surface area contributed by atoms with Gasteiger partial charge in [0.05, 0.1) is 35.5 Å². The summed E-state index contributed by atoms with van der Waals surface area (Å²) in [6.45, 7) is 2.76. The van der Waals surface area contributed by atoms with Crippen LogP contribution in [-0.2, 0) is 12.6 Å². The number of halogens is 3. The molecule has 1 aliphatic heterocycles. The molecule has 0 spiro atoms. The molecule has 4 rings (SSSR count). The van der Waals surface area contributed by atoms with E-state index in [0.717, 1.165) is 49.1 Å². The van der Waals surface area contributed by atoms with Gasteiger partial charge in [0.25, 0.3) is 5.91 Å². The molecule has 37 heavy (non-hydrogen) atoms. The van der Waals surface area contributed by atoms with Gasteiger partial charge >= 0.3 is 12.3 Å². The molecule has 0 atom stereocenters. The Kier molecular flexibility index (Phi) is 7.86. The van der Waals surface area contributed by atoms with Crippen molar-refractivity contribution in [3.05, 3.63) is 53.4 Å². The third-order valence-corrected chi connectivity index (χ3v) is 6.90. The Hall–Kier alpha value is -3.81. The lowest BCUT2D eigenvalue weighted by Crippen LogP contribution is -2.37. The highest BCUT2D eigenvalue weighted by Gasteiger charge is 2.33. The van der Waals surface area contributed by atoms with Crippen LogP contribution < -0.4 is 10.6 Å². The smallest absolute Gasteiger partial charge is 0.434 e. The number of amides is 2.